The van der Waals surface area contributed by atoms with E-state index in [1.54, 1.807) is 6.07 Å². The van der Waals surface area contributed by atoms with Crippen LogP contribution in [-0.4, -0.2) is 12.0 Å². The van der Waals surface area contributed by atoms with Crippen LogP contribution in [-0.2, 0) is 6.42 Å². The van der Waals surface area contributed by atoms with Gasteiger partial charge in [0.2, 0.25) is 5.75 Å². The molecule has 0 fully saturated rings. The fraction of sp³-hybridized carbons (Fsp3) is 0.333. The van der Waals surface area contributed by atoms with Crippen molar-refractivity contribution in [1.29, 1.82) is 0 Å². The zero-order valence-corrected chi connectivity index (χ0v) is 9.50. The minimum Gasteiger partial charge on any atom is -0.490 e. The van der Waals surface area contributed by atoms with Crippen molar-refractivity contribution >= 4 is 21.6 Å². The van der Waals surface area contributed by atoms with Gasteiger partial charge in [0, 0.05) is 16.1 Å². The first-order chi connectivity index (χ1) is 6.61. The Labute approximate surface area is 90.2 Å². The van der Waals surface area contributed by atoms with E-state index in [2.05, 4.69) is 15.9 Å². The number of nitrogens with zero attached hydrogens (tertiary/aromatic N) is 1. The maximum absolute atomic E-state index is 10.7. The molecule has 0 bridgehead atoms. The van der Waals surface area contributed by atoms with Gasteiger partial charge < -0.3 is 4.74 Å². The van der Waals surface area contributed by atoms with Gasteiger partial charge in [-0.3, -0.25) is 10.1 Å². The summed E-state index contributed by atoms with van der Waals surface area (Å²) >= 11 is 3.33. The molecule has 4 nitrogen and oxygen atoms in total. The molecular formula is C9H10BrNO3. The highest BCUT2D eigenvalue weighted by atomic mass is 79.9. The molecule has 0 aliphatic rings. The fourth-order valence-corrected chi connectivity index (χ4v) is 1.88. The van der Waals surface area contributed by atoms with E-state index >= 15 is 0 Å². The lowest BCUT2D eigenvalue weighted by Crippen LogP contribution is -1.98. The molecular weight excluding hydrogens is 250 g/mol. The Morgan fingerprint density at radius 2 is 2.21 bits per heavy atom. The lowest BCUT2D eigenvalue weighted by molar-refractivity contribution is -0.385. The van der Waals surface area contributed by atoms with Crippen LogP contribution in [0.5, 0.6) is 5.75 Å². The molecule has 0 radical (unpaired) electrons. The fourth-order valence-electron chi connectivity index (χ4n) is 1.29. The molecule has 0 aliphatic carbocycles. The van der Waals surface area contributed by atoms with Gasteiger partial charge in [-0.05, 0) is 12.5 Å². The van der Waals surface area contributed by atoms with Crippen molar-refractivity contribution in [3.05, 3.63) is 32.3 Å². The Hall–Kier alpha value is -1.10. The van der Waals surface area contributed by atoms with Gasteiger partial charge >= 0.3 is 5.69 Å². The van der Waals surface area contributed by atoms with E-state index in [1.165, 1.54) is 13.2 Å². The Balaban J connectivity index is 3.40. The molecule has 1 rings (SSSR count). The van der Waals surface area contributed by atoms with Crippen LogP contribution in [0.15, 0.2) is 16.6 Å². The number of halogens is 1. The standard InChI is InChI=1S/C9H10BrNO3/c1-3-6-7(10)4-5-8(11(12)13)9(6)14-2/h4-5H,3H2,1-2H3. The summed E-state index contributed by atoms with van der Waals surface area (Å²) in [6, 6.07) is 3.10. The third-order valence-electron chi connectivity index (χ3n) is 1.94. The average molecular weight is 260 g/mol. The first-order valence-corrected chi connectivity index (χ1v) is 4.90. The van der Waals surface area contributed by atoms with Crippen LogP contribution >= 0.6 is 15.9 Å². The second-order valence-corrected chi connectivity index (χ2v) is 3.54. The Morgan fingerprint density at radius 1 is 1.57 bits per heavy atom. The number of rotatable bonds is 3. The van der Waals surface area contributed by atoms with E-state index < -0.39 is 4.92 Å². The Kier molecular flexibility index (Phi) is 3.46. The maximum atomic E-state index is 10.7. The highest BCUT2D eigenvalue weighted by Gasteiger charge is 2.19. The average Bonchev–Trinajstić information content (AvgIpc) is 2.16. The highest BCUT2D eigenvalue weighted by Crippen LogP contribution is 2.35. The predicted octanol–water partition coefficient (Wildman–Crippen LogP) is 2.93. The molecule has 0 atom stereocenters. The zero-order valence-electron chi connectivity index (χ0n) is 7.91. The lowest BCUT2D eigenvalue weighted by Gasteiger charge is -2.08. The predicted molar refractivity (Wildman–Crippen MR) is 56.7 cm³/mol. The molecule has 0 aliphatic heterocycles. The number of methoxy groups -OCH3 is 1. The third kappa shape index (κ3) is 1.87. The van der Waals surface area contributed by atoms with Crippen molar-refractivity contribution in [2.75, 3.05) is 7.11 Å². The molecule has 0 amide bonds. The van der Waals surface area contributed by atoms with Crippen molar-refractivity contribution in [1.82, 2.24) is 0 Å². The molecule has 76 valence electrons. The van der Waals surface area contributed by atoms with Gasteiger partial charge in [0.25, 0.3) is 0 Å². The first-order valence-electron chi connectivity index (χ1n) is 4.11. The van der Waals surface area contributed by atoms with Gasteiger partial charge in [0.15, 0.2) is 0 Å². The van der Waals surface area contributed by atoms with Crippen molar-refractivity contribution in [2.24, 2.45) is 0 Å². The summed E-state index contributed by atoms with van der Waals surface area (Å²) in [6.07, 6.45) is 0.686. The van der Waals surface area contributed by atoms with Crippen LogP contribution in [0.3, 0.4) is 0 Å². The lowest BCUT2D eigenvalue weighted by atomic mass is 10.1. The molecule has 5 heteroatoms. The van der Waals surface area contributed by atoms with Gasteiger partial charge in [-0.2, -0.15) is 0 Å². The summed E-state index contributed by atoms with van der Waals surface area (Å²) in [5.74, 6) is 0.340. The van der Waals surface area contributed by atoms with Gasteiger partial charge in [0.05, 0.1) is 12.0 Å². The molecule has 14 heavy (non-hydrogen) atoms. The third-order valence-corrected chi connectivity index (χ3v) is 2.68. The van der Waals surface area contributed by atoms with Gasteiger partial charge in [0.1, 0.15) is 0 Å². The maximum Gasteiger partial charge on any atom is 0.311 e. The molecule has 0 aromatic heterocycles. The minimum absolute atomic E-state index is 0.00699. The van der Waals surface area contributed by atoms with Crippen molar-refractivity contribution in [3.63, 3.8) is 0 Å². The Morgan fingerprint density at radius 3 is 2.64 bits per heavy atom. The second kappa shape index (κ2) is 4.41. The molecule has 0 spiro atoms. The van der Waals surface area contributed by atoms with E-state index in [4.69, 9.17) is 4.74 Å². The number of hydrogen-bond acceptors (Lipinski definition) is 3. The van der Waals surface area contributed by atoms with Crippen LogP contribution in [0.2, 0.25) is 0 Å². The van der Waals surface area contributed by atoms with E-state index in [1.807, 2.05) is 6.92 Å². The quantitative estimate of drug-likeness (QED) is 0.620. The summed E-state index contributed by atoms with van der Waals surface area (Å²) < 4.78 is 5.87. The van der Waals surface area contributed by atoms with Crippen LogP contribution in [0.25, 0.3) is 0 Å². The molecule has 1 aromatic rings. The minimum atomic E-state index is -0.440. The second-order valence-electron chi connectivity index (χ2n) is 2.69. The molecule has 0 saturated heterocycles. The van der Waals surface area contributed by atoms with E-state index in [9.17, 15) is 10.1 Å². The van der Waals surface area contributed by atoms with Crippen LogP contribution in [0.1, 0.15) is 12.5 Å². The largest absolute Gasteiger partial charge is 0.490 e. The summed E-state index contributed by atoms with van der Waals surface area (Å²) in [6.45, 7) is 1.92. The van der Waals surface area contributed by atoms with Crippen molar-refractivity contribution in [2.45, 2.75) is 13.3 Å². The van der Waals surface area contributed by atoms with E-state index in [-0.39, 0.29) is 5.69 Å². The molecule has 0 heterocycles. The first kappa shape index (κ1) is 11.0. The number of nitro benzene ring substituents is 1. The molecule has 1 aromatic carbocycles. The van der Waals surface area contributed by atoms with Gasteiger partial charge in [-0.25, -0.2) is 0 Å². The molecule has 0 unspecified atom stereocenters. The van der Waals surface area contributed by atoms with Crippen LogP contribution in [0, 0.1) is 10.1 Å². The molecule has 0 saturated carbocycles. The summed E-state index contributed by atoms with van der Waals surface area (Å²) in [7, 11) is 1.44. The normalized spacial score (nSPS) is 9.93. The number of benzene rings is 1. The summed E-state index contributed by atoms with van der Waals surface area (Å²) in [5.41, 5.74) is 0.828. The number of nitro groups is 1. The summed E-state index contributed by atoms with van der Waals surface area (Å²) in [5, 5.41) is 10.7. The Bertz CT molecular complexity index is 365. The van der Waals surface area contributed by atoms with E-state index in [0.29, 0.717) is 12.2 Å². The number of ether oxygens (including phenoxy) is 1. The van der Waals surface area contributed by atoms with Gasteiger partial charge in [-0.1, -0.05) is 22.9 Å². The van der Waals surface area contributed by atoms with Crippen molar-refractivity contribution in [3.8, 4) is 5.75 Å². The van der Waals surface area contributed by atoms with Gasteiger partial charge in [-0.15, -0.1) is 0 Å². The summed E-state index contributed by atoms with van der Waals surface area (Å²) in [4.78, 5) is 10.2. The van der Waals surface area contributed by atoms with E-state index in [0.717, 1.165) is 10.0 Å². The zero-order chi connectivity index (χ0) is 10.7. The van der Waals surface area contributed by atoms with Crippen LogP contribution < -0.4 is 4.74 Å². The molecule has 0 N–H and O–H groups in total. The highest BCUT2D eigenvalue weighted by molar-refractivity contribution is 9.10. The SMILES string of the molecule is CCc1c(Br)ccc([N+](=O)[O-])c1OC. The smallest absolute Gasteiger partial charge is 0.311 e. The van der Waals surface area contributed by atoms with Crippen LogP contribution in [0.4, 0.5) is 5.69 Å². The monoisotopic (exact) mass is 259 g/mol. The topological polar surface area (TPSA) is 52.4 Å². The van der Waals surface area contributed by atoms with Crippen molar-refractivity contribution < 1.29 is 9.66 Å². The number of hydrogen-bond donors (Lipinski definition) is 0.